The van der Waals surface area contributed by atoms with Crippen LogP contribution in [-0.4, -0.2) is 5.78 Å². The van der Waals surface area contributed by atoms with E-state index in [1.807, 2.05) is 6.08 Å². The molecule has 0 radical (unpaired) electrons. The molecule has 66 valence electrons. The molecule has 0 amide bonds. The van der Waals surface area contributed by atoms with Gasteiger partial charge in [0, 0.05) is 12.3 Å². The van der Waals surface area contributed by atoms with Crippen LogP contribution >= 0.6 is 0 Å². The Balaban J connectivity index is 2.08. The van der Waals surface area contributed by atoms with Crippen LogP contribution in [0.5, 0.6) is 0 Å². The highest BCUT2D eigenvalue weighted by molar-refractivity contribution is 5.89. The maximum Gasteiger partial charge on any atom is 0.137 e. The molecule has 1 nitrogen and oxygen atoms in total. The van der Waals surface area contributed by atoms with Crippen LogP contribution < -0.4 is 0 Å². The van der Waals surface area contributed by atoms with Gasteiger partial charge in [0.25, 0.3) is 0 Å². The molecule has 12 heavy (non-hydrogen) atoms. The second-order valence-corrected chi connectivity index (χ2v) is 4.29. The van der Waals surface area contributed by atoms with Crippen LogP contribution in [0.15, 0.2) is 12.7 Å². The van der Waals surface area contributed by atoms with E-state index < -0.39 is 0 Å². The molecule has 0 saturated heterocycles. The van der Waals surface area contributed by atoms with Crippen molar-refractivity contribution in [1.82, 2.24) is 0 Å². The first-order valence-electron chi connectivity index (χ1n) is 4.92. The minimum absolute atomic E-state index is 0.345. The number of allylic oxidation sites excluding steroid dienone is 1. The van der Waals surface area contributed by atoms with E-state index >= 15 is 0 Å². The number of carbonyl (C=O) groups is 1. The van der Waals surface area contributed by atoms with Crippen molar-refractivity contribution in [3.63, 3.8) is 0 Å². The Hall–Kier alpha value is -0.590. The molecule has 1 spiro atoms. The van der Waals surface area contributed by atoms with E-state index in [1.54, 1.807) is 0 Å². The van der Waals surface area contributed by atoms with Gasteiger partial charge in [0.15, 0.2) is 0 Å². The summed E-state index contributed by atoms with van der Waals surface area (Å²) in [6.45, 7) is 3.72. The molecule has 2 saturated carbocycles. The van der Waals surface area contributed by atoms with E-state index in [4.69, 9.17) is 0 Å². The summed E-state index contributed by atoms with van der Waals surface area (Å²) >= 11 is 0. The molecule has 0 heterocycles. The first kappa shape index (κ1) is 8.03. The molecule has 2 fully saturated rings. The number of ketones is 1. The van der Waals surface area contributed by atoms with Crippen molar-refractivity contribution in [1.29, 1.82) is 0 Å². The van der Waals surface area contributed by atoms with E-state index in [0.29, 0.717) is 17.1 Å². The van der Waals surface area contributed by atoms with Gasteiger partial charge in [0.1, 0.15) is 5.78 Å². The van der Waals surface area contributed by atoms with Crippen LogP contribution in [0.4, 0.5) is 0 Å². The summed E-state index contributed by atoms with van der Waals surface area (Å²) < 4.78 is 0. The van der Waals surface area contributed by atoms with Crippen LogP contribution in [0, 0.1) is 11.3 Å². The zero-order valence-electron chi connectivity index (χ0n) is 7.51. The number of rotatable bonds is 2. The fourth-order valence-electron chi connectivity index (χ4n) is 2.96. The minimum atomic E-state index is 0.345. The van der Waals surface area contributed by atoms with Gasteiger partial charge in [-0.05, 0) is 24.7 Å². The number of hydrogen-bond donors (Lipinski definition) is 0. The average Bonchev–Trinajstić information content (AvgIpc) is 2.51. The van der Waals surface area contributed by atoms with Gasteiger partial charge in [-0.15, -0.1) is 6.58 Å². The summed E-state index contributed by atoms with van der Waals surface area (Å²) in [4.78, 5) is 11.3. The van der Waals surface area contributed by atoms with E-state index in [0.717, 1.165) is 12.8 Å². The number of hydrogen-bond acceptors (Lipinski definition) is 1. The molecule has 0 bridgehead atoms. The lowest BCUT2D eigenvalue weighted by atomic mass is 9.57. The van der Waals surface area contributed by atoms with Crippen LogP contribution in [0.3, 0.4) is 0 Å². The Morgan fingerprint density at radius 1 is 1.50 bits per heavy atom. The summed E-state index contributed by atoms with van der Waals surface area (Å²) in [7, 11) is 0. The monoisotopic (exact) mass is 164 g/mol. The first-order valence-corrected chi connectivity index (χ1v) is 4.92. The lowest BCUT2D eigenvalue weighted by Gasteiger charge is -2.45. The average molecular weight is 164 g/mol. The SMILES string of the molecule is C=CCC1C(=O)CC12CCCC2. The van der Waals surface area contributed by atoms with Crippen molar-refractivity contribution < 1.29 is 4.79 Å². The molecule has 0 aromatic heterocycles. The van der Waals surface area contributed by atoms with Crippen LogP contribution in [-0.2, 0) is 4.79 Å². The molecule has 0 N–H and O–H groups in total. The fourth-order valence-corrected chi connectivity index (χ4v) is 2.96. The Kier molecular flexibility index (Phi) is 1.82. The molecular formula is C11H16O. The zero-order valence-corrected chi connectivity index (χ0v) is 7.51. The maximum absolute atomic E-state index is 11.3. The van der Waals surface area contributed by atoms with Crippen LogP contribution in [0.25, 0.3) is 0 Å². The largest absolute Gasteiger partial charge is 0.299 e. The summed E-state index contributed by atoms with van der Waals surface area (Å²) in [5.41, 5.74) is 0.436. The van der Waals surface area contributed by atoms with Gasteiger partial charge in [-0.1, -0.05) is 18.9 Å². The number of Topliss-reactive ketones (excluding diaryl/α,β-unsaturated/α-hetero) is 1. The molecule has 2 aliphatic rings. The van der Waals surface area contributed by atoms with Gasteiger partial charge in [0.2, 0.25) is 0 Å². The predicted octanol–water partition coefficient (Wildman–Crippen LogP) is 2.71. The van der Waals surface area contributed by atoms with Crippen molar-refractivity contribution >= 4 is 5.78 Å². The van der Waals surface area contributed by atoms with Crippen LogP contribution in [0.2, 0.25) is 0 Å². The van der Waals surface area contributed by atoms with Crippen molar-refractivity contribution in [3.8, 4) is 0 Å². The van der Waals surface area contributed by atoms with Gasteiger partial charge in [0.05, 0.1) is 0 Å². The van der Waals surface area contributed by atoms with E-state index in [2.05, 4.69) is 6.58 Å². The second kappa shape index (κ2) is 2.72. The topological polar surface area (TPSA) is 17.1 Å². The van der Waals surface area contributed by atoms with Gasteiger partial charge in [-0.25, -0.2) is 0 Å². The van der Waals surface area contributed by atoms with Crippen molar-refractivity contribution in [3.05, 3.63) is 12.7 Å². The van der Waals surface area contributed by atoms with Gasteiger partial charge >= 0.3 is 0 Å². The molecule has 1 unspecified atom stereocenters. The van der Waals surface area contributed by atoms with Crippen molar-refractivity contribution in [2.75, 3.05) is 0 Å². The second-order valence-electron chi connectivity index (χ2n) is 4.29. The predicted molar refractivity (Wildman–Crippen MR) is 48.8 cm³/mol. The highest BCUT2D eigenvalue weighted by Gasteiger charge is 2.53. The van der Waals surface area contributed by atoms with Crippen molar-refractivity contribution in [2.24, 2.45) is 11.3 Å². The minimum Gasteiger partial charge on any atom is -0.299 e. The van der Waals surface area contributed by atoms with Gasteiger partial charge in [-0.2, -0.15) is 0 Å². The molecular weight excluding hydrogens is 148 g/mol. The van der Waals surface area contributed by atoms with Crippen LogP contribution in [0.1, 0.15) is 38.5 Å². The molecule has 2 aliphatic carbocycles. The Morgan fingerprint density at radius 3 is 2.67 bits per heavy atom. The van der Waals surface area contributed by atoms with Gasteiger partial charge < -0.3 is 0 Å². The third kappa shape index (κ3) is 0.954. The van der Waals surface area contributed by atoms with E-state index in [-0.39, 0.29) is 0 Å². The third-order valence-corrected chi connectivity index (χ3v) is 3.66. The Bertz CT molecular complexity index is 211. The molecule has 1 atom stereocenters. The smallest absolute Gasteiger partial charge is 0.137 e. The molecule has 0 aliphatic heterocycles. The maximum atomic E-state index is 11.3. The van der Waals surface area contributed by atoms with E-state index in [1.165, 1.54) is 25.7 Å². The standard InChI is InChI=1S/C11H16O/c1-2-5-9-10(12)8-11(9)6-3-4-7-11/h2,9H,1,3-8H2. The highest BCUT2D eigenvalue weighted by atomic mass is 16.1. The molecule has 1 heteroatoms. The highest BCUT2D eigenvalue weighted by Crippen LogP contribution is 2.56. The lowest BCUT2D eigenvalue weighted by molar-refractivity contribution is -0.142. The Labute approximate surface area is 73.8 Å². The summed E-state index contributed by atoms with van der Waals surface area (Å²) in [6, 6.07) is 0. The normalized spacial score (nSPS) is 32.0. The van der Waals surface area contributed by atoms with E-state index in [9.17, 15) is 4.79 Å². The Morgan fingerprint density at radius 2 is 2.17 bits per heavy atom. The molecule has 0 aromatic carbocycles. The quantitative estimate of drug-likeness (QED) is 0.573. The number of carbonyl (C=O) groups excluding carboxylic acids is 1. The van der Waals surface area contributed by atoms with Crippen molar-refractivity contribution in [2.45, 2.75) is 38.5 Å². The fraction of sp³-hybridized carbons (Fsp3) is 0.727. The summed E-state index contributed by atoms with van der Waals surface area (Å²) in [5.74, 6) is 0.828. The third-order valence-electron chi connectivity index (χ3n) is 3.66. The lowest BCUT2D eigenvalue weighted by Crippen LogP contribution is -2.46. The van der Waals surface area contributed by atoms with Gasteiger partial charge in [-0.3, -0.25) is 4.79 Å². The first-order chi connectivity index (χ1) is 5.78. The zero-order chi connectivity index (χ0) is 8.60. The molecule has 0 aromatic rings. The summed E-state index contributed by atoms with van der Waals surface area (Å²) in [6.07, 6.45) is 8.93. The summed E-state index contributed by atoms with van der Waals surface area (Å²) in [5, 5.41) is 0. The molecule has 2 rings (SSSR count).